The van der Waals surface area contributed by atoms with Crippen LogP contribution in [-0.2, 0) is 11.3 Å². The molecule has 2 rings (SSSR count). The van der Waals surface area contributed by atoms with Crippen LogP contribution in [0.3, 0.4) is 0 Å². The summed E-state index contributed by atoms with van der Waals surface area (Å²) in [7, 11) is 1.74. The van der Waals surface area contributed by atoms with Crippen LogP contribution in [0.25, 0.3) is 0 Å². The minimum absolute atomic E-state index is 0.107. The van der Waals surface area contributed by atoms with Gasteiger partial charge in [0.2, 0.25) is 0 Å². The largest absolute Gasteiger partial charge is 0.381 e. The molecule has 1 aromatic carbocycles. The molecule has 1 saturated carbocycles. The van der Waals surface area contributed by atoms with Gasteiger partial charge in [0.1, 0.15) is 0 Å². The molecule has 1 aliphatic rings. The molecule has 104 valence electrons. The van der Waals surface area contributed by atoms with Crippen molar-refractivity contribution in [1.29, 1.82) is 0 Å². The van der Waals surface area contributed by atoms with E-state index in [0.29, 0.717) is 12.6 Å². The third kappa shape index (κ3) is 2.77. The molecule has 5 nitrogen and oxygen atoms in total. The second kappa shape index (κ2) is 5.27. The Morgan fingerprint density at radius 1 is 1.53 bits per heavy atom. The Morgan fingerprint density at radius 2 is 2.26 bits per heavy atom. The molecule has 1 aromatic rings. The minimum atomic E-state index is -0.363. The Hall–Kier alpha value is -1.46. The smallest absolute Gasteiger partial charge is 0.269 e. The zero-order valence-electron chi connectivity index (χ0n) is 11.6. The Morgan fingerprint density at radius 3 is 2.84 bits per heavy atom. The van der Waals surface area contributed by atoms with Crippen LogP contribution in [0.2, 0.25) is 0 Å². The van der Waals surface area contributed by atoms with Gasteiger partial charge in [0.15, 0.2) is 0 Å². The van der Waals surface area contributed by atoms with E-state index in [1.807, 2.05) is 6.07 Å². The van der Waals surface area contributed by atoms with E-state index >= 15 is 0 Å². The van der Waals surface area contributed by atoms with Gasteiger partial charge in [-0.15, -0.1) is 0 Å². The molecule has 0 radical (unpaired) electrons. The Labute approximate surface area is 113 Å². The van der Waals surface area contributed by atoms with Crippen molar-refractivity contribution in [1.82, 2.24) is 5.32 Å². The van der Waals surface area contributed by atoms with Crippen molar-refractivity contribution >= 4 is 5.69 Å². The van der Waals surface area contributed by atoms with E-state index in [2.05, 4.69) is 19.2 Å². The maximum absolute atomic E-state index is 10.7. The summed E-state index contributed by atoms with van der Waals surface area (Å²) < 4.78 is 5.40. The predicted octanol–water partition coefficient (Wildman–Crippen LogP) is 2.50. The third-order valence-corrected chi connectivity index (χ3v) is 4.14. The molecular weight excluding hydrogens is 244 g/mol. The Bertz CT molecular complexity index is 474. The summed E-state index contributed by atoms with van der Waals surface area (Å²) in [4.78, 5) is 10.3. The highest BCUT2D eigenvalue weighted by molar-refractivity contribution is 5.34. The van der Waals surface area contributed by atoms with Gasteiger partial charge in [-0.3, -0.25) is 10.1 Å². The van der Waals surface area contributed by atoms with Gasteiger partial charge in [0.05, 0.1) is 11.0 Å². The van der Waals surface area contributed by atoms with Crippen molar-refractivity contribution in [3.05, 3.63) is 39.9 Å². The van der Waals surface area contributed by atoms with Crippen LogP contribution in [0, 0.1) is 15.5 Å². The highest BCUT2D eigenvalue weighted by atomic mass is 16.6. The molecule has 0 spiro atoms. The van der Waals surface area contributed by atoms with Gasteiger partial charge in [-0.1, -0.05) is 26.0 Å². The molecule has 0 amide bonds. The number of nitrogens with one attached hydrogen (secondary N) is 1. The number of benzene rings is 1. The van der Waals surface area contributed by atoms with Crippen LogP contribution in [0.15, 0.2) is 24.3 Å². The number of non-ortho nitro benzene ring substituents is 1. The highest BCUT2D eigenvalue weighted by Gasteiger charge is 2.48. The summed E-state index contributed by atoms with van der Waals surface area (Å²) in [5.74, 6) is 0. The van der Waals surface area contributed by atoms with E-state index in [4.69, 9.17) is 4.74 Å². The lowest BCUT2D eigenvalue weighted by molar-refractivity contribution is -0.384. The molecular formula is C14H20N2O3. The maximum Gasteiger partial charge on any atom is 0.269 e. The van der Waals surface area contributed by atoms with Crippen molar-refractivity contribution in [2.75, 3.05) is 7.11 Å². The van der Waals surface area contributed by atoms with Gasteiger partial charge in [0.25, 0.3) is 5.69 Å². The van der Waals surface area contributed by atoms with Crippen molar-refractivity contribution in [3.63, 3.8) is 0 Å². The zero-order chi connectivity index (χ0) is 14.0. The van der Waals surface area contributed by atoms with E-state index in [1.165, 1.54) is 6.07 Å². The number of rotatable bonds is 5. The van der Waals surface area contributed by atoms with Gasteiger partial charge in [-0.25, -0.2) is 0 Å². The first kappa shape index (κ1) is 14.0. The van der Waals surface area contributed by atoms with Gasteiger partial charge >= 0.3 is 0 Å². The van der Waals surface area contributed by atoms with Crippen molar-refractivity contribution in [2.45, 2.75) is 39.0 Å². The Kier molecular flexibility index (Phi) is 3.87. The van der Waals surface area contributed by atoms with E-state index in [-0.39, 0.29) is 22.1 Å². The number of methoxy groups -OCH3 is 1. The lowest BCUT2D eigenvalue weighted by Crippen LogP contribution is -2.60. The molecule has 2 unspecified atom stereocenters. The molecule has 19 heavy (non-hydrogen) atoms. The number of hydrogen-bond donors (Lipinski definition) is 1. The highest BCUT2D eigenvalue weighted by Crippen LogP contribution is 2.42. The Balaban J connectivity index is 1.93. The quantitative estimate of drug-likeness (QED) is 0.655. The average Bonchev–Trinajstić information content (AvgIpc) is 2.38. The van der Waals surface area contributed by atoms with Crippen LogP contribution < -0.4 is 5.32 Å². The second-order valence-corrected chi connectivity index (χ2v) is 5.64. The van der Waals surface area contributed by atoms with Crippen LogP contribution in [0.5, 0.6) is 0 Å². The monoisotopic (exact) mass is 264 g/mol. The summed E-state index contributed by atoms with van der Waals surface area (Å²) in [6.45, 7) is 5.00. The average molecular weight is 264 g/mol. The normalized spacial score (nSPS) is 24.8. The predicted molar refractivity (Wildman–Crippen MR) is 72.9 cm³/mol. The molecule has 0 aromatic heterocycles. The SMILES string of the molecule is COC1CC(NCc2cccc([N+](=O)[O-])c2)C1(C)C. The third-order valence-electron chi connectivity index (χ3n) is 4.14. The molecule has 1 N–H and O–H groups in total. The lowest BCUT2D eigenvalue weighted by Gasteiger charge is -2.51. The first-order chi connectivity index (χ1) is 8.95. The fourth-order valence-corrected chi connectivity index (χ4v) is 2.65. The standard InChI is InChI=1S/C14H20N2O3/c1-14(2)12(8-13(14)19-3)15-9-10-5-4-6-11(7-10)16(17)18/h4-7,12-13,15H,8-9H2,1-3H3. The number of nitrogens with zero attached hydrogens (tertiary/aromatic N) is 1. The van der Waals surface area contributed by atoms with Gasteiger partial charge in [-0.05, 0) is 12.0 Å². The molecule has 5 heteroatoms. The lowest BCUT2D eigenvalue weighted by atomic mass is 9.64. The van der Waals surface area contributed by atoms with Crippen molar-refractivity contribution < 1.29 is 9.66 Å². The van der Waals surface area contributed by atoms with Crippen molar-refractivity contribution in [2.24, 2.45) is 5.41 Å². The van der Waals surface area contributed by atoms with E-state index < -0.39 is 0 Å². The molecule has 1 fully saturated rings. The van der Waals surface area contributed by atoms with Crippen molar-refractivity contribution in [3.8, 4) is 0 Å². The minimum Gasteiger partial charge on any atom is -0.381 e. The fourth-order valence-electron chi connectivity index (χ4n) is 2.65. The first-order valence-electron chi connectivity index (χ1n) is 6.44. The summed E-state index contributed by atoms with van der Waals surface area (Å²) in [6.07, 6.45) is 1.27. The number of nitro benzene ring substituents is 1. The van der Waals surface area contributed by atoms with Crippen LogP contribution >= 0.6 is 0 Å². The summed E-state index contributed by atoms with van der Waals surface area (Å²) >= 11 is 0. The van der Waals surface area contributed by atoms with Crippen LogP contribution in [0.1, 0.15) is 25.8 Å². The summed E-state index contributed by atoms with van der Waals surface area (Å²) in [6, 6.07) is 7.14. The fraction of sp³-hybridized carbons (Fsp3) is 0.571. The van der Waals surface area contributed by atoms with Gasteiger partial charge in [0, 0.05) is 37.2 Å². The van der Waals surface area contributed by atoms with E-state index in [1.54, 1.807) is 19.2 Å². The number of ether oxygens (including phenoxy) is 1. The second-order valence-electron chi connectivity index (χ2n) is 5.64. The summed E-state index contributed by atoms with van der Waals surface area (Å²) in [5, 5.41) is 14.2. The number of hydrogen-bond acceptors (Lipinski definition) is 4. The number of nitro groups is 1. The van der Waals surface area contributed by atoms with Gasteiger partial charge in [-0.2, -0.15) is 0 Å². The first-order valence-corrected chi connectivity index (χ1v) is 6.44. The molecule has 0 bridgehead atoms. The molecule has 0 heterocycles. The van der Waals surface area contributed by atoms with E-state index in [9.17, 15) is 10.1 Å². The van der Waals surface area contributed by atoms with Crippen LogP contribution in [-0.4, -0.2) is 24.2 Å². The molecule has 0 saturated heterocycles. The summed E-state index contributed by atoms with van der Waals surface area (Å²) in [5.41, 5.74) is 1.18. The molecule has 1 aliphatic carbocycles. The van der Waals surface area contributed by atoms with E-state index in [0.717, 1.165) is 12.0 Å². The molecule has 0 aliphatic heterocycles. The van der Waals surface area contributed by atoms with Gasteiger partial charge < -0.3 is 10.1 Å². The molecule has 2 atom stereocenters. The van der Waals surface area contributed by atoms with Crippen LogP contribution in [0.4, 0.5) is 5.69 Å². The zero-order valence-corrected chi connectivity index (χ0v) is 11.6. The maximum atomic E-state index is 10.7. The topological polar surface area (TPSA) is 64.4 Å².